The van der Waals surface area contributed by atoms with Gasteiger partial charge in [-0.25, -0.2) is 9.97 Å². The Morgan fingerprint density at radius 1 is 1.02 bits per heavy atom. The molecule has 47 heavy (non-hydrogen) atoms. The molecule has 1 unspecified atom stereocenters. The van der Waals surface area contributed by atoms with E-state index in [0.29, 0.717) is 64.6 Å². The number of carbonyl (C=O) groups excluding carboxylic acids is 2. The number of ether oxygens (including phenoxy) is 2. The summed E-state index contributed by atoms with van der Waals surface area (Å²) >= 11 is 0. The van der Waals surface area contributed by atoms with E-state index < -0.39 is 0 Å². The van der Waals surface area contributed by atoms with Gasteiger partial charge in [0.05, 0.1) is 6.10 Å². The fourth-order valence-electron chi connectivity index (χ4n) is 5.39. The highest BCUT2D eigenvalue weighted by molar-refractivity contribution is 6.04. The maximum Gasteiger partial charge on any atom is 0.256 e. The fourth-order valence-corrected chi connectivity index (χ4v) is 5.39. The van der Waals surface area contributed by atoms with Crippen molar-refractivity contribution in [3.05, 3.63) is 72.6 Å². The molecule has 1 saturated heterocycles. The Bertz CT molecular complexity index is 1710. The summed E-state index contributed by atoms with van der Waals surface area (Å²) < 4.78 is 12.0. The summed E-state index contributed by atoms with van der Waals surface area (Å²) in [6, 6.07) is 12.9. The molecule has 3 aliphatic rings. The van der Waals surface area contributed by atoms with Crippen molar-refractivity contribution in [2.75, 3.05) is 37.3 Å². The van der Waals surface area contributed by atoms with E-state index in [-0.39, 0.29) is 24.0 Å². The summed E-state index contributed by atoms with van der Waals surface area (Å²) in [7, 11) is 2.10. The van der Waals surface area contributed by atoms with Gasteiger partial charge in [0.2, 0.25) is 5.91 Å². The third-order valence-corrected chi connectivity index (χ3v) is 8.23. The number of fused-ring (bicyclic) bond motifs is 1. The fraction of sp³-hybridized carbons (Fsp3) is 0.400. The predicted octanol–water partition coefficient (Wildman–Crippen LogP) is 5.63. The number of likely N-dealkylation sites (N-methyl/N-ethyl adjacent to an activating group) is 1. The van der Waals surface area contributed by atoms with Crippen LogP contribution in [0.25, 0.3) is 11.0 Å². The molecule has 0 bridgehead atoms. The van der Waals surface area contributed by atoms with E-state index in [1.54, 1.807) is 60.9 Å². The Morgan fingerprint density at radius 2 is 1.81 bits per heavy atom. The van der Waals surface area contributed by atoms with Gasteiger partial charge in [-0.2, -0.15) is 5.10 Å². The molecule has 2 amide bonds. The van der Waals surface area contributed by atoms with Gasteiger partial charge >= 0.3 is 0 Å². The Kier molecular flexibility index (Phi) is 9.96. The van der Waals surface area contributed by atoms with Gasteiger partial charge in [-0.15, -0.1) is 0 Å². The molecule has 7 rings (SSSR count). The molecule has 12 heteroatoms. The minimum absolute atomic E-state index is 0.0329. The number of pyridine rings is 2. The maximum absolute atomic E-state index is 12.9. The standard InChI is InChI=1S/C33H36N8O4.C2H6/c1-40(23-6-7-23)17-2-3-29(42)41-18-14-22(20-41)36-32-30-27(13-16-35-31(30)38-39-32)45-25-8-4-21(5-9-25)33(43)37-28-19-26(12-15-34-28)44-24-10-11-24;1-2/h2-5,8-9,12-13,15-16,19,22-24H,6-7,10-11,14,17-18,20H2,1H3,(H,34,37,43)(H2,35,36,38,39);1-2H3/b3-2+;. The minimum atomic E-state index is -0.282. The highest BCUT2D eigenvalue weighted by atomic mass is 16.5. The van der Waals surface area contributed by atoms with Crippen molar-refractivity contribution in [2.45, 2.75) is 64.1 Å². The van der Waals surface area contributed by atoms with Crippen LogP contribution in [0.4, 0.5) is 11.6 Å². The Labute approximate surface area is 274 Å². The van der Waals surface area contributed by atoms with Gasteiger partial charge in [-0.3, -0.25) is 19.6 Å². The second-order valence-corrected chi connectivity index (χ2v) is 11.9. The molecule has 2 aliphatic carbocycles. The molecule has 3 aromatic heterocycles. The van der Waals surface area contributed by atoms with Gasteiger partial charge < -0.3 is 25.0 Å². The molecule has 0 spiro atoms. The average molecular weight is 639 g/mol. The summed E-state index contributed by atoms with van der Waals surface area (Å²) in [5, 5.41) is 14.4. The molecule has 1 aromatic carbocycles. The molecular weight excluding hydrogens is 596 g/mol. The Balaban J connectivity index is 0.00000190. The lowest BCUT2D eigenvalue weighted by atomic mass is 10.2. The first kappa shape index (κ1) is 32.0. The van der Waals surface area contributed by atoms with E-state index in [0.717, 1.165) is 25.8 Å². The molecule has 3 N–H and O–H groups in total. The van der Waals surface area contributed by atoms with Crippen molar-refractivity contribution < 1.29 is 19.1 Å². The first-order chi connectivity index (χ1) is 23.0. The van der Waals surface area contributed by atoms with Gasteiger partial charge in [0.1, 0.15) is 28.5 Å². The number of anilines is 2. The monoisotopic (exact) mass is 638 g/mol. The zero-order valence-corrected chi connectivity index (χ0v) is 27.1. The van der Waals surface area contributed by atoms with Crippen molar-refractivity contribution >= 4 is 34.5 Å². The highest BCUT2D eigenvalue weighted by Crippen LogP contribution is 2.34. The molecule has 0 radical (unpaired) electrons. The van der Waals surface area contributed by atoms with Crippen molar-refractivity contribution in [1.82, 2.24) is 30.0 Å². The van der Waals surface area contributed by atoms with Crippen LogP contribution in [0.15, 0.2) is 67.0 Å². The third-order valence-electron chi connectivity index (χ3n) is 8.23. The van der Waals surface area contributed by atoms with E-state index in [9.17, 15) is 9.59 Å². The number of benzene rings is 1. The number of rotatable bonds is 12. The number of carbonyl (C=O) groups is 2. The highest BCUT2D eigenvalue weighted by Gasteiger charge is 2.28. The topological polar surface area (TPSA) is 138 Å². The van der Waals surface area contributed by atoms with Crippen molar-refractivity contribution in [3.8, 4) is 17.2 Å². The molecule has 1 atom stereocenters. The Morgan fingerprint density at radius 3 is 2.57 bits per heavy atom. The molecule has 12 nitrogen and oxygen atoms in total. The first-order valence-corrected chi connectivity index (χ1v) is 16.5. The third kappa shape index (κ3) is 8.25. The lowest BCUT2D eigenvalue weighted by molar-refractivity contribution is -0.125. The van der Waals surface area contributed by atoms with Gasteiger partial charge in [-0.1, -0.05) is 19.9 Å². The van der Waals surface area contributed by atoms with Crippen LogP contribution in [0, 0.1) is 0 Å². The summed E-state index contributed by atoms with van der Waals surface area (Å²) in [6.45, 7) is 6.06. The van der Waals surface area contributed by atoms with Crippen LogP contribution in [0.1, 0.15) is 56.3 Å². The van der Waals surface area contributed by atoms with E-state index in [4.69, 9.17) is 9.47 Å². The largest absolute Gasteiger partial charge is 0.490 e. The SMILES string of the molecule is CC.CN(C/C=C/C(=O)N1CCC(Nc2n[nH]c3nccc(Oc4ccc(C(=O)Nc5cc(OC6CC6)ccn5)cc4)c23)C1)C1CC1. The van der Waals surface area contributed by atoms with E-state index in [1.807, 2.05) is 24.8 Å². The van der Waals surface area contributed by atoms with Crippen LogP contribution in [0.3, 0.4) is 0 Å². The number of aromatic amines is 1. The number of nitrogens with one attached hydrogen (secondary N) is 3. The number of aromatic nitrogens is 4. The summed E-state index contributed by atoms with van der Waals surface area (Å²) in [6.07, 6.45) is 12.6. The number of likely N-dealkylation sites (tertiary alicyclic amines) is 1. The quantitative estimate of drug-likeness (QED) is 0.169. The molecule has 1 aliphatic heterocycles. The van der Waals surface area contributed by atoms with E-state index >= 15 is 0 Å². The molecule has 4 aromatic rings. The summed E-state index contributed by atoms with van der Waals surface area (Å²) in [4.78, 5) is 38.4. The normalized spacial score (nSPS) is 17.4. The maximum atomic E-state index is 12.9. The van der Waals surface area contributed by atoms with Crippen molar-refractivity contribution in [1.29, 1.82) is 0 Å². The molecule has 246 valence electrons. The van der Waals surface area contributed by atoms with Crippen molar-refractivity contribution in [3.63, 3.8) is 0 Å². The number of nitrogens with zero attached hydrogens (tertiary/aromatic N) is 5. The van der Waals surface area contributed by atoms with Crippen LogP contribution in [-0.4, -0.2) is 86.6 Å². The smallest absolute Gasteiger partial charge is 0.256 e. The van der Waals surface area contributed by atoms with Crippen molar-refractivity contribution in [2.24, 2.45) is 0 Å². The zero-order chi connectivity index (χ0) is 32.8. The first-order valence-electron chi connectivity index (χ1n) is 16.5. The minimum Gasteiger partial charge on any atom is -0.490 e. The number of hydrogen-bond donors (Lipinski definition) is 3. The molecule has 2 saturated carbocycles. The number of H-pyrrole nitrogens is 1. The predicted molar refractivity (Wildman–Crippen MR) is 181 cm³/mol. The number of hydrogen-bond acceptors (Lipinski definition) is 9. The van der Waals surface area contributed by atoms with Gasteiger partial charge in [0.25, 0.3) is 5.91 Å². The molecule has 3 fully saturated rings. The lowest BCUT2D eigenvalue weighted by Gasteiger charge is -2.16. The molecular formula is C35H42N8O4. The number of amides is 2. The van der Waals surface area contributed by atoms with Crippen LogP contribution in [-0.2, 0) is 4.79 Å². The lowest BCUT2D eigenvalue weighted by Crippen LogP contribution is -2.30. The summed E-state index contributed by atoms with van der Waals surface area (Å²) in [5.74, 6) is 2.62. The second-order valence-electron chi connectivity index (χ2n) is 11.9. The van der Waals surface area contributed by atoms with Gasteiger partial charge in [-0.05, 0) is 69.5 Å². The van der Waals surface area contributed by atoms with Gasteiger partial charge in [0, 0.05) is 67.9 Å². The van der Waals surface area contributed by atoms with Gasteiger partial charge in [0.15, 0.2) is 11.5 Å². The van der Waals surface area contributed by atoms with Crippen LogP contribution < -0.4 is 20.1 Å². The molecule has 4 heterocycles. The zero-order valence-electron chi connectivity index (χ0n) is 27.1. The average Bonchev–Trinajstić information content (AvgIpc) is 4.02. The van der Waals surface area contributed by atoms with Crippen LogP contribution in [0.2, 0.25) is 0 Å². The van der Waals surface area contributed by atoms with E-state index in [1.165, 1.54) is 12.8 Å². The van der Waals surface area contributed by atoms with E-state index in [2.05, 4.69) is 42.7 Å². The second kappa shape index (κ2) is 14.6. The Hall–Kier alpha value is -4.97. The van der Waals surface area contributed by atoms with Crippen LogP contribution >= 0.6 is 0 Å². The summed E-state index contributed by atoms with van der Waals surface area (Å²) in [5.41, 5.74) is 1.05. The van der Waals surface area contributed by atoms with Crippen LogP contribution in [0.5, 0.6) is 17.2 Å².